The maximum atomic E-state index is 11.0. The number of anilines is 1. The number of carboxylic acids is 1. The lowest BCUT2D eigenvalue weighted by molar-refractivity contribution is 0.0697. The molecular formula is C14H20BrNO3. The highest BCUT2D eigenvalue weighted by molar-refractivity contribution is 9.10. The van der Waals surface area contributed by atoms with Crippen molar-refractivity contribution in [3.05, 3.63) is 28.2 Å². The second-order valence-corrected chi connectivity index (χ2v) is 6.29. The Balaban J connectivity index is 2.69. The number of aliphatic hydroxyl groups is 1. The smallest absolute Gasteiger partial charge is 0.335 e. The van der Waals surface area contributed by atoms with Gasteiger partial charge in [-0.2, -0.15) is 0 Å². The van der Waals surface area contributed by atoms with Crippen molar-refractivity contribution in [3.63, 3.8) is 0 Å². The van der Waals surface area contributed by atoms with Gasteiger partial charge in [-0.15, -0.1) is 0 Å². The number of carbonyl (C=O) groups is 1. The third-order valence-electron chi connectivity index (χ3n) is 2.93. The summed E-state index contributed by atoms with van der Waals surface area (Å²) in [5, 5.41) is 21.1. The second kappa shape index (κ2) is 6.91. The van der Waals surface area contributed by atoms with E-state index in [1.807, 2.05) is 6.07 Å². The average molecular weight is 330 g/mol. The van der Waals surface area contributed by atoms with E-state index in [1.54, 1.807) is 12.1 Å². The normalized spacial score (nSPS) is 11.4. The molecule has 0 radical (unpaired) electrons. The molecule has 3 N–H and O–H groups in total. The van der Waals surface area contributed by atoms with E-state index < -0.39 is 5.97 Å². The van der Waals surface area contributed by atoms with Crippen LogP contribution in [0.5, 0.6) is 0 Å². The highest BCUT2D eigenvalue weighted by Gasteiger charge is 2.17. The van der Waals surface area contributed by atoms with Crippen LogP contribution in [0, 0.1) is 5.41 Å². The fraction of sp³-hybridized carbons (Fsp3) is 0.500. The number of hydrogen-bond acceptors (Lipinski definition) is 3. The Morgan fingerprint density at radius 3 is 2.63 bits per heavy atom. The van der Waals surface area contributed by atoms with Gasteiger partial charge in [-0.25, -0.2) is 4.79 Å². The van der Waals surface area contributed by atoms with E-state index in [0.29, 0.717) is 0 Å². The number of carboxylic acid groups (broad SMARTS) is 1. The first-order valence-electron chi connectivity index (χ1n) is 6.23. The van der Waals surface area contributed by atoms with Crippen molar-refractivity contribution in [2.45, 2.75) is 26.7 Å². The number of benzene rings is 1. The Bertz CT molecular complexity index is 446. The molecule has 0 bridgehead atoms. The zero-order valence-electron chi connectivity index (χ0n) is 11.2. The van der Waals surface area contributed by atoms with Crippen LogP contribution in [0.15, 0.2) is 22.7 Å². The summed E-state index contributed by atoms with van der Waals surface area (Å²) in [4.78, 5) is 11.0. The minimum atomic E-state index is -0.941. The molecule has 0 amide bonds. The van der Waals surface area contributed by atoms with E-state index >= 15 is 0 Å². The lowest BCUT2D eigenvalue weighted by Gasteiger charge is -2.25. The first-order valence-corrected chi connectivity index (χ1v) is 7.02. The quantitative estimate of drug-likeness (QED) is 0.717. The van der Waals surface area contributed by atoms with Gasteiger partial charge in [0.1, 0.15) is 0 Å². The molecule has 1 rings (SSSR count). The molecule has 0 fully saturated rings. The Hall–Kier alpha value is -1.07. The SMILES string of the molecule is CC(C)(CCCO)CNc1cc(Br)cc(C(=O)O)c1. The van der Waals surface area contributed by atoms with Crippen LogP contribution in [-0.4, -0.2) is 29.3 Å². The first kappa shape index (κ1) is 16.0. The molecule has 0 saturated heterocycles. The van der Waals surface area contributed by atoms with Crippen LogP contribution in [0.4, 0.5) is 5.69 Å². The minimum absolute atomic E-state index is 0.0500. The zero-order chi connectivity index (χ0) is 14.5. The van der Waals surface area contributed by atoms with E-state index in [-0.39, 0.29) is 17.6 Å². The van der Waals surface area contributed by atoms with Crippen LogP contribution in [0.2, 0.25) is 0 Å². The summed E-state index contributed by atoms with van der Waals surface area (Å²) in [6.45, 7) is 5.16. The molecule has 0 aliphatic heterocycles. The van der Waals surface area contributed by atoms with Gasteiger partial charge >= 0.3 is 5.97 Å². The number of aromatic carboxylic acids is 1. The largest absolute Gasteiger partial charge is 0.478 e. The van der Waals surface area contributed by atoms with Gasteiger partial charge < -0.3 is 15.5 Å². The molecule has 0 unspecified atom stereocenters. The Labute approximate surface area is 122 Å². The second-order valence-electron chi connectivity index (χ2n) is 5.38. The van der Waals surface area contributed by atoms with Crippen molar-refractivity contribution in [2.24, 2.45) is 5.41 Å². The van der Waals surface area contributed by atoms with E-state index in [9.17, 15) is 4.79 Å². The molecule has 1 aromatic carbocycles. The van der Waals surface area contributed by atoms with Crippen molar-refractivity contribution in [1.29, 1.82) is 0 Å². The highest BCUT2D eigenvalue weighted by atomic mass is 79.9. The molecule has 0 heterocycles. The molecule has 106 valence electrons. The Morgan fingerprint density at radius 1 is 1.37 bits per heavy atom. The predicted molar refractivity (Wildman–Crippen MR) is 79.7 cm³/mol. The van der Waals surface area contributed by atoms with Crippen LogP contribution < -0.4 is 5.32 Å². The van der Waals surface area contributed by atoms with Gasteiger partial charge in [-0.05, 0) is 36.5 Å². The van der Waals surface area contributed by atoms with E-state index in [1.165, 1.54) is 0 Å². The minimum Gasteiger partial charge on any atom is -0.478 e. The molecule has 0 aliphatic carbocycles. The van der Waals surface area contributed by atoms with Crippen LogP contribution >= 0.6 is 15.9 Å². The van der Waals surface area contributed by atoms with Gasteiger partial charge in [0.15, 0.2) is 0 Å². The van der Waals surface area contributed by atoms with Crippen LogP contribution in [0.3, 0.4) is 0 Å². The predicted octanol–water partition coefficient (Wildman–Crippen LogP) is 3.36. The fourth-order valence-electron chi connectivity index (χ4n) is 1.80. The van der Waals surface area contributed by atoms with Gasteiger partial charge in [0.05, 0.1) is 5.56 Å². The molecular weight excluding hydrogens is 310 g/mol. The molecule has 5 heteroatoms. The molecule has 4 nitrogen and oxygen atoms in total. The molecule has 0 aliphatic rings. The topological polar surface area (TPSA) is 69.6 Å². The van der Waals surface area contributed by atoms with Crippen molar-refractivity contribution in [1.82, 2.24) is 0 Å². The maximum absolute atomic E-state index is 11.0. The lowest BCUT2D eigenvalue weighted by Crippen LogP contribution is -2.23. The van der Waals surface area contributed by atoms with Gasteiger partial charge in [0, 0.05) is 23.3 Å². The Kier molecular flexibility index (Phi) is 5.82. The van der Waals surface area contributed by atoms with Crippen LogP contribution in [-0.2, 0) is 0 Å². The van der Waals surface area contributed by atoms with Crippen molar-refractivity contribution in [3.8, 4) is 0 Å². The van der Waals surface area contributed by atoms with Crippen molar-refractivity contribution in [2.75, 3.05) is 18.5 Å². The van der Waals surface area contributed by atoms with E-state index in [4.69, 9.17) is 10.2 Å². The third kappa shape index (κ3) is 5.61. The number of aliphatic hydroxyl groups excluding tert-OH is 1. The number of nitrogens with one attached hydrogen (secondary N) is 1. The summed E-state index contributed by atoms with van der Waals surface area (Å²) in [5.74, 6) is -0.941. The van der Waals surface area contributed by atoms with E-state index in [2.05, 4.69) is 35.1 Å². The number of halogens is 1. The molecule has 0 saturated carbocycles. The molecule has 0 atom stereocenters. The van der Waals surface area contributed by atoms with E-state index in [0.717, 1.165) is 29.5 Å². The molecule has 0 aromatic heterocycles. The summed E-state index contributed by atoms with van der Waals surface area (Å²) in [6, 6.07) is 5.05. The summed E-state index contributed by atoms with van der Waals surface area (Å²) < 4.78 is 0.739. The first-order chi connectivity index (χ1) is 8.84. The lowest BCUT2D eigenvalue weighted by atomic mass is 9.88. The highest BCUT2D eigenvalue weighted by Crippen LogP contribution is 2.25. The van der Waals surface area contributed by atoms with Crippen LogP contribution in [0.25, 0.3) is 0 Å². The monoisotopic (exact) mass is 329 g/mol. The van der Waals surface area contributed by atoms with Gasteiger partial charge in [-0.3, -0.25) is 0 Å². The van der Waals surface area contributed by atoms with Gasteiger partial charge in [0.2, 0.25) is 0 Å². The van der Waals surface area contributed by atoms with Crippen molar-refractivity contribution < 1.29 is 15.0 Å². The number of hydrogen-bond donors (Lipinski definition) is 3. The fourth-order valence-corrected chi connectivity index (χ4v) is 2.30. The van der Waals surface area contributed by atoms with Crippen molar-refractivity contribution >= 4 is 27.6 Å². The summed E-state index contributed by atoms with van der Waals surface area (Å²) >= 11 is 3.31. The molecule has 19 heavy (non-hydrogen) atoms. The zero-order valence-corrected chi connectivity index (χ0v) is 12.8. The van der Waals surface area contributed by atoms with Gasteiger partial charge in [-0.1, -0.05) is 29.8 Å². The maximum Gasteiger partial charge on any atom is 0.335 e. The molecule has 1 aromatic rings. The summed E-state index contributed by atoms with van der Waals surface area (Å²) in [5.41, 5.74) is 1.09. The summed E-state index contributed by atoms with van der Waals surface area (Å²) in [6.07, 6.45) is 1.68. The third-order valence-corrected chi connectivity index (χ3v) is 3.39. The molecule has 0 spiro atoms. The summed E-state index contributed by atoms with van der Waals surface area (Å²) in [7, 11) is 0. The standard InChI is InChI=1S/C14H20BrNO3/c1-14(2,4-3-5-17)9-16-12-7-10(13(18)19)6-11(15)8-12/h6-8,16-17H,3-5,9H2,1-2H3,(H,18,19). The Morgan fingerprint density at radius 2 is 2.05 bits per heavy atom. The van der Waals surface area contributed by atoms with Crippen LogP contribution in [0.1, 0.15) is 37.0 Å². The average Bonchev–Trinajstić information content (AvgIpc) is 2.33. The number of rotatable bonds is 7. The van der Waals surface area contributed by atoms with Gasteiger partial charge in [0.25, 0.3) is 0 Å².